The molecule has 0 saturated heterocycles. The Labute approximate surface area is 99.9 Å². The largest absolute Gasteiger partial charge is 0.245 e. The highest BCUT2D eigenvalue weighted by atomic mass is 32.2. The Kier molecular flexibility index (Phi) is 2.73. The number of aromatic nitrogens is 1. The molecule has 0 aliphatic heterocycles. The van der Waals surface area contributed by atoms with Crippen LogP contribution in [-0.4, -0.2) is 18.6 Å². The van der Waals surface area contributed by atoms with Gasteiger partial charge >= 0.3 is 0 Å². The molecule has 0 unspecified atom stereocenters. The second-order valence-electron chi connectivity index (χ2n) is 4.46. The topological polar surface area (TPSA) is 39.1 Å². The van der Waals surface area contributed by atoms with Gasteiger partial charge in [0, 0.05) is 11.6 Å². The lowest BCUT2D eigenvalue weighted by molar-refractivity contribution is 0.595. The minimum absolute atomic E-state index is 0.141. The van der Waals surface area contributed by atoms with Crippen LogP contribution in [0.5, 0.6) is 0 Å². The molecule has 0 N–H and O–H groups in total. The smallest absolute Gasteiger partial charge is 0.236 e. The SMILES string of the molecule is CC(C)c1cn(S(C)(=O)=O)c2ccc(F)cc12. The highest BCUT2D eigenvalue weighted by molar-refractivity contribution is 7.89. The van der Waals surface area contributed by atoms with E-state index in [1.807, 2.05) is 13.8 Å². The maximum absolute atomic E-state index is 13.2. The summed E-state index contributed by atoms with van der Waals surface area (Å²) >= 11 is 0. The van der Waals surface area contributed by atoms with Crippen LogP contribution in [-0.2, 0) is 10.0 Å². The van der Waals surface area contributed by atoms with Crippen molar-refractivity contribution in [2.24, 2.45) is 0 Å². The van der Waals surface area contributed by atoms with Crippen molar-refractivity contribution in [2.45, 2.75) is 19.8 Å². The zero-order valence-corrected chi connectivity index (χ0v) is 10.8. The van der Waals surface area contributed by atoms with Crippen molar-refractivity contribution >= 4 is 20.9 Å². The Morgan fingerprint density at radius 3 is 2.47 bits per heavy atom. The van der Waals surface area contributed by atoms with Crippen LogP contribution in [0.4, 0.5) is 4.39 Å². The van der Waals surface area contributed by atoms with E-state index in [9.17, 15) is 12.8 Å². The number of fused-ring (bicyclic) bond motifs is 1. The van der Waals surface area contributed by atoms with Gasteiger partial charge in [0.2, 0.25) is 10.0 Å². The fraction of sp³-hybridized carbons (Fsp3) is 0.333. The molecule has 0 bridgehead atoms. The van der Waals surface area contributed by atoms with Crippen molar-refractivity contribution in [3.05, 3.63) is 35.8 Å². The molecule has 0 amide bonds. The van der Waals surface area contributed by atoms with E-state index in [-0.39, 0.29) is 11.7 Å². The highest BCUT2D eigenvalue weighted by Gasteiger charge is 2.16. The Morgan fingerprint density at radius 2 is 1.94 bits per heavy atom. The zero-order valence-electron chi connectivity index (χ0n) is 9.94. The number of halogens is 1. The fourth-order valence-electron chi connectivity index (χ4n) is 1.93. The van der Waals surface area contributed by atoms with E-state index in [2.05, 4.69) is 0 Å². The first-order chi connectivity index (χ1) is 7.80. The first kappa shape index (κ1) is 12.1. The summed E-state index contributed by atoms with van der Waals surface area (Å²) in [4.78, 5) is 0. The molecule has 1 heterocycles. The molecular formula is C12H14FNO2S. The Bertz CT molecular complexity index is 671. The molecule has 17 heavy (non-hydrogen) atoms. The lowest BCUT2D eigenvalue weighted by atomic mass is 10.0. The molecule has 5 heteroatoms. The maximum Gasteiger partial charge on any atom is 0.236 e. The van der Waals surface area contributed by atoms with Crippen molar-refractivity contribution in [3.63, 3.8) is 0 Å². The van der Waals surface area contributed by atoms with Crippen LogP contribution < -0.4 is 0 Å². The summed E-state index contributed by atoms with van der Waals surface area (Å²) in [5.41, 5.74) is 1.36. The number of hydrogen-bond acceptors (Lipinski definition) is 2. The average molecular weight is 255 g/mol. The number of rotatable bonds is 2. The van der Waals surface area contributed by atoms with E-state index in [1.165, 1.54) is 22.2 Å². The van der Waals surface area contributed by atoms with E-state index >= 15 is 0 Å². The van der Waals surface area contributed by atoms with Crippen LogP contribution in [0.1, 0.15) is 25.3 Å². The minimum atomic E-state index is -3.36. The van der Waals surface area contributed by atoms with Gasteiger partial charge in [-0.25, -0.2) is 16.8 Å². The summed E-state index contributed by atoms with van der Waals surface area (Å²) < 4.78 is 37.7. The molecule has 0 aliphatic rings. The Balaban J connectivity index is 2.90. The maximum atomic E-state index is 13.2. The van der Waals surface area contributed by atoms with Crippen molar-refractivity contribution in [2.75, 3.05) is 6.26 Å². The molecule has 0 radical (unpaired) electrons. The van der Waals surface area contributed by atoms with Gasteiger partial charge in [0.1, 0.15) is 5.82 Å². The molecule has 92 valence electrons. The van der Waals surface area contributed by atoms with Crippen LogP contribution in [0.2, 0.25) is 0 Å². The van der Waals surface area contributed by atoms with Gasteiger partial charge in [-0.15, -0.1) is 0 Å². The normalized spacial score (nSPS) is 12.5. The summed E-state index contributed by atoms with van der Waals surface area (Å²) in [5.74, 6) is -0.215. The molecular weight excluding hydrogens is 241 g/mol. The van der Waals surface area contributed by atoms with Crippen LogP contribution in [0.15, 0.2) is 24.4 Å². The molecule has 0 fully saturated rings. The molecule has 2 aromatic rings. The third-order valence-corrected chi connectivity index (χ3v) is 3.76. The van der Waals surface area contributed by atoms with Crippen molar-refractivity contribution in [3.8, 4) is 0 Å². The highest BCUT2D eigenvalue weighted by Crippen LogP contribution is 2.29. The second-order valence-corrected chi connectivity index (χ2v) is 6.32. The Morgan fingerprint density at radius 1 is 1.29 bits per heavy atom. The molecule has 0 atom stereocenters. The average Bonchev–Trinajstić information content (AvgIpc) is 2.55. The number of benzene rings is 1. The van der Waals surface area contributed by atoms with Gasteiger partial charge in [0.05, 0.1) is 11.8 Å². The van der Waals surface area contributed by atoms with Crippen molar-refractivity contribution < 1.29 is 12.8 Å². The molecule has 0 spiro atoms. The molecule has 2 rings (SSSR count). The lowest BCUT2D eigenvalue weighted by Crippen LogP contribution is -2.08. The van der Waals surface area contributed by atoms with E-state index < -0.39 is 10.0 Å². The predicted molar refractivity (Wildman–Crippen MR) is 66.2 cm³/mol. The summed E-state index contributed by atoms with van der Waals surface area (Å²) in [5, 5.41) is 0.658. The van der Waals surface area contributed by atoms with Crippen LogP contribution in [0.25, 0.3) is 10.9 Å². The van der Waals surface area contributed by atoms with Crippen LogP contribution in [0.3, 0.4) is 0 Å². The fourth-order valence-corrected chi connectivity index (χ4v) is 2.75. The molecule has 1 aromatic carbocycles. The standard InChI is InChI=1S/C12H14FNO2S/c1-8(2)11-7-14(17(3,15)16)12-5-4-9(13)6-10(11)12/h4-8H,1-3H3. The molecule has 0 aliphatic carbocycles. The summed E-state index contributed by atoms with van der Waals surface area (Å²) in [6.07, 6.45) is 2.71. The molecule has 0 saturated carbocycles. The summed E-state index contributed by atoms with van der Waals surface area (Å²) in [7, 11) is -3.36. The third kappa shape index (κ3) is 2.07. The van der Waals surface area contributed by atoms with Gasteiger partial charge in [0.15, 0.2) is 0 Å². The van der Waals surface area contributed by atoms with E-state index in [1.54, 1.807) is 6.20 Å². The summed E-state index contributed by atoms with van der Waals surface area (Å²) in [6, 6.07) is 4.15. The van der Waals surface area contributed by atoms with Gasteiger partial charge in [0.25, 0.3) is 0 Å². The van der Waals surface area contributed by atoms with Gasteiger partial charge < -0.3 is 0 Å². The van der Waals surface area contributed by atoms with E-state index in [0.29, 0.717) is 10.9 Å². The minimum Gasteiger partial charge on any atom is -0.245 e. The van der Waals surface area contributed by atoms with E-state index in [0.717, 1.165) is 11.8 Å². The monoisotopic (exact) mass is 255 g/mol. The zero-order chi connectivity index (χ0) is 12.8. The van der Waals surface area contributed by atoms with Crippen LogP contribution >= 0.6 is 0 Å². The lowest BCUT2D eigenvalue weighted by Gasteiger charge is -2.01. The quantitative estimate of drug-likeness (QED) is 0.827. The molecule has 3 nitrogen and oxygen atoms in total. The van der Waals surface area contributed by atoms with Gasteiger partial charge in [-0.3, -0.25) is 0 Å². The Hall–Kier alpha value is -1.36. The second kappa shape index (κ2) is 3.84. The first-order valence-corrected chi connectivity index (χ1v) is 7.16. The summed E-state index contributed by atoms with van der Waals surface area (Å²) in [6.45, 7) is 3.90. The number of nitrogens with zero attached hydrogens (tertiary/aromatic N) is 1. The van der Waals surface area contributed by atoms with E-state index in [4.69, 9.17) is 0 Å². The predicted octanol–water partition coefficient (Wildman–Crippen LogP) is 2.71. The van der Waals surface area contributed by atoms with Crippen molar-refractivity contribution in [1.82, 2.24) is 3.97 Å². The van der Waals surface area contributed by atoms with Gasteiger partial charge in [-0.1, -0.05) is 13.8 Å². The molecule has 1 aromatic heterocycles. The third-order valence-electron chi connectivity index (χ3n) is 2.74. The van der Waals surface area contributed by atoms with Crippen molar-refractivity contribution in [1.29, 1.82) is 0 Å². The van der Waals surface area contributed by atoms with Gasteiger partial charge in [-0.05, 0) is 29.7 Å². The number of hydrogen-bond donors (Lipinski definition) is 0. The first-order valence-electron chi connectivity index (χ1n) is 5.32. The van der Waals surface area contributed by atoms with Crippen LogP contribution in [0, 0.1) is 5.82 Å². The van der Waals surface area contributed by atoms with Gasteiger partial charge in [-0.2, -0.15) is 0 Å².